The van der Waals surface area contributed by atoms with Crippen molar-refractivity contribution in [2.24, 2.45) is 0 Å². The van der Waals surface area contributed by atoms with Crippen LogP contribution in [0.25, 0.3) is 0 Å². The summed E-state index contributed by atoms with van der Waals surface area (Å²) < 4.78 is 0. The molecule has 0 N–H and O–H groups in total. The highest BCUT2D eigenvalue weighted by Gasteiger charge is 2.27. The van der Waals surface area contributed by atoms with Crippen LogP contribution in [0.2, 0.25) is 0 Å². The van der Waals surface area contributed by atoms with E-state index in [1.54, 1.807) is 11.3 Å². The summed E-state index contributed by atoms with van der Waals surface area (Å²) in [6.07, 6.45) is 4.43. The Hall–Kier alpha value is -1.75. The van der Waals surface area contributed by atoms with Gasteiger partial charge in [0.1, 0.15) is 0 Å². The van der Waals surface area contributed by atoms with Crippen LogP contribution in [0.1, 0.15) is 45.6 Å². The molecule has 2 aromatic rings. The van der Waals surface area contributed by atoms with Gasteiger partial charge in [0, 0.05) is 35.8 Å². The third-order valence-electron chi connectivity index (χ3n) is 4.50. The normalized spacial score (nSPS) is 18.2. The van der Waals surface area contributed by atoms with Crippen molar-refractivity contribution in [2.75, 3.05) is 13.1 Å². The first-order valence-corrected chi connectivity index (χ1v) is 8.98. The summed E-state index contributed by atoms with van der Waals surface area (Å²) in [5.74, 6) is 0.589. The highest BCUT2D eigenvalue weighted by atomic mass is 32.1. The van der Waals surface area contributed by atoms with Gasteiger partial charge in [0.05, 0.1) is 17.1 Å². The zero-order chi connectivity index (χ0) is 16.4. The zero-order valence-electron chi connectivity index (χ0n) is 14.0. The number of likely N-dealkylation sites (tertiary alicyclic amines) is 1. The fraction of sp³-hybridized carbons (Fsp3) is 0.500. The predicted octanol–water partition coefficient (Wildman–Crippen LogP) is 3.41. The molecule has 0 spiro atoms. The maximum atomic E-state index is 12.6. The van der Waals surface area contributed by atoms with Crippen LogP contribution in [0.3, 0.4) is 0 Å². The first kappa shape index (κ1) is 16.1. The number of hydrogen-bond donors (Lipinski definition) is 0. The predicted molar refractivity (Wildman–Crippen MR) is 92.8 cm³/mol. The van der Waals surface area contributed by atoms with Crippen LogP contribution in [0.15, 0.2) is 18.3 Å². The van der Waals surface area contributed by atoms with Crippen LogP contribution in [-0.4, -0.2) is 33.9 Å². The molecule has 122 valence electrons. The molecular formula is C18H23N3OS. The van der Waals surface area contributed by atoms with Crippen LogP contribution < -0.4 is 0 Å². The molecule has 0 unspecified atom stereocenters. The van der Waals surface area contributed by atoms with E-state index in [9.17, 15) is 4.79 Å². The first-order chi connectivity index (χ1) is 11.0. The topological polar surface area (TPSA) is 46.1 Å². The number of aromatic nitrogens is 2. The van der Waals surface area contributed by atoms with E-state index in [4.69, 9.17) is 4.98 Å². The molecule has 1 fully saturated rings. The standard InChI is InChI=1S/C18H23N3OS/c1-12-6-7-15(10-19-12)9-17(22)21-8-4-5-16(11-21)18-20-13(2)14(3)23-18/h6-7,10,16H,4-5,8-9,11H2,1-3H3/t16-/m0/s1. The molecule has 1 aliphatic heterocycles. The Labute approximate surface area is 141 Å². The number of carbonyl (C=O) groups is 1. The molecular weight excluding hydrogens is 306 g/mol. The smallest absolute Gasteiger partial charge is 0.227 e. The SMILES string of the molecule is Cc1ccc(CC(=O)N2CCC[C@H](c3nc(C)c(C)s3)C2)cn1. The lowest BCUT2D eigenvalue weighted by Crippen LogP contribution is -2.39. The van der Waals surface area contributed by atoms with E-state index in [0.29, 0.717) is 12.3 Å². The molecule has 5 heteroatoms. The van der Waals surface area contributed by atoms with E-state index in [-0.39, 0.29) is 5.91 Å². The van der Waals surface area contributed by atoms with Crippen molar-refractivity contribution in [1.82, 2.24) is 14.9 Å². The van der Waals surface area contributed by atoms with Gasteiger partial charge >= 0.3 is 0 Å². The van der Waals surface area contributed by atoms with Crippen molar-refractivity contribution >= 4 is 17.2 Å². The Bertz CT molecular complexity index is 673. The molecule has 2 aromatic heterocycles. The molecule has 1 atom stereocenters. The van der Waals surface area contributed by atoms with Gasteiger partial charge in [0.15, 0.2) is 0 Å². The zero-order valence-corrected chi connectivity index (χ0v) is 14.8. The lowest BCUT2D eigenvalue weighted by atomic mass is 9.98. The summed E-state index contributed by atoms with van der Waals surface area (Å²) >= 11 is 1.78. The molecule has 3 heterocycles. The number of rotatable bonds is 3. The third-order valence-corrected chi connectivity index (χ3v) is 5.73. The number of hydrogen-bond acceptors (Lipinski definition) is 4. The molecule has 23 heavy (non-hydrogen) atoms. The van der Waals surface area contributed by atoms with E-state index < -0.39 is 0 Å². The van der Waals surface area contributed by atoms with Crippen LogP contribution in [0, 0.1) is 20.8 Å². The Morgan fingerprint density at radius 2 is 2.17 bits per heavy atom. The highest BCUT2D eigenvalue weighted by Crippen LogP contribution is 2.31. The van der Waals surface area contributed by atoms with Crippen LogP contribution in [0.5, 0.6) is 0 Å². The Kier molecular flexibility index (Phi) is 4.76. The van der Waals surface area contributed by atoms with Crippen molar-refractivity contribution < 1.29 is 4.79 Å². The lowest BCUT2D eigenvalue weighted by molar-refractivity contribution is -0.131. The second-order valence-electron chi connectivity index (χ2n) is 6.36. The summed E-state index contributed by atoms with van der Waals surface area (Å²) in [5.41, 5.74) is 3.09. The summed E-state index contributed by atoms with van der Waals surface area (Å²) in [6.45, 7) is 7.79. The second-order valence-corrected chi connectivity index (χ2v) is 7.59. The summed E-state index contributed by atoms with van der Waals surface area (Å²) in [4.78, 5) is 24.8. The number of nitrogens with zero attached hydrogens (tertiary/aromatic N) is 3. The van der Waals surface area contributed by atoms with Gasteiger partial charge in [-0.25, -0.2) is 4.98 Å². The molecule has 0 radical (unpaired) electrons. The van der Waals surface area contributed by atoms with Gasteiger partial charge in [0.2, 0.25) is 5.91 Å². The highest BCUT2D eigenvalue weighted by molar-refractivity contribution is 7.11. The van der Waals surface area contributed by atoms with Gasteiger partial charge in [-0.2, -0.15) is 0 Å². The van der Waals surface area contributed by atoms with E-state index in [1.165, 1.54) is 9.88 Å². The van der Waals surface area contributed by atoms with Crippen molar-refractivity contribution in [2.45, 2.75) is 46.0 Å². The van der Waals surface area contributed by atoms with Crippen LogP contribution >= 0.6 is 11.3 Å². The van der Waals surface area contributed by atoms with Crippen LogP contribution in [-0.2, 0) is 11.2 Å². The number of thiazole rings is 1. The number of amides is 1. The fourth-order valence-corrected chi connectivity index (χ4v) is 4.02. The van der Waals surface area contributed by atoms with Gasteiger partial charge in [-0.15, -0.1) is 11.3 Å². The van der Waals surface area contributed by atoms with Crippen molar-refractivity contribution in [3.05, 3.63) is 45.2 Å². The minimum absolute atomic E-state index is 0.199. The second kappa shape index (κ2) is 6.79. The van der Waals surface area contributed by atoms with E-state index in [2.05, 4.69) is 18.8 Å². The summed E-state index contributed by atoms with van der Waals surface area (Å²) in [7, 11) is 0. The molecule has 4 nitrogen and oxygen atoms in total. The molecule has 1 aliphatic rings. The molecule has 0 saturated carbocycles. The first-order valence-electron chi connectivity index (χ1n) is 8.16. The van der Waals surface area contributed by atoms with Crippen LogP contribution in [0.4, 0.5) is 0 Å². The third kappa shape index (κ3) is 3.78. The van der Waals surface area contributed by atoms with Crippen molar-refractivity contribution in [3.63, 3.8) is 0 Å². The largest absolute Gasteiger partial charge is 0.342 e. The molecule has 0 aliphatic carbocycles. The fourth-order valence-electron chi connectivity index (χ4n) is 2.97. The molecule has 1 amide bonds. The van der Waals surface area contributed by atoms with Gasteiger partial charge in [0.25, 0.3) is 0 Å². The van der Waals surface area contributed by atoms with Crippen molar-refractivity contribution in [1.29, 1.82) is 0 Å². The monoisotopic (exact) mass is 329 g/mol. The Balaban J connectivity index is 1.65. The Morgan fingerprint density at radius 1 is 1.35 bits per heavy atom. The number of carbonyl (C=O) groups excluding carboxylic acids is 1. The average Bonchev–Trinajstić information content (AvgIpc) is 2.89. The van der Waals surface area contributed by atoms with Gasteiger partial charge in [-0.3, -0.25) is 9.78 Å². The number of pyridine rings is 1. The van der Waals surface area contributed by atoms with E-state index in [0.717, 1.165) is 42.9 Å². The molecule has 1 saturated heterocycles. The summed E-state index contributed by atoms with van der Waals surface area (Å²) in [5, 5.41) is 1.19. The lowest BCUT2D eigenvalue weighted by Gasteiger charge is -2.32. The minimum Gasteiger partial charge on any atom is -0.342 e. The minimum atomic E-state index is 0.199. The Morgan fingerprint density at radius 3 is 2.83 bits per heavy atom. The quantitative estimate of drug-likeness (QED) is 0.867. The molecule has 3 rings (SSSR count). The van der Waals surface area contributed by atoms with Crippen molar-refractivity contribution in [3.8, 4) is 0 Å². The maximum absolute atomic E-state index is 12.6. The van der Waals surface area contributed by atoms with E-state index >= 15 is 0 Å². The van der Waals surface area contributed by atoms with E-state index in [1.807, 2.05) is 30.2 Å². The number of aryl methyl sites for hydroxylation is 3. The van der Waals surface area contributed by atoms with Gasteiger partial charge in [-0.05, 0) is 45.2 Å². The number of piperidine rings is 1. The van der Waals surface area contributed by atoms with Gasteiger partial charge < -0.3 is 4.90 Å². The summed E-state index contributed by atoms with van der Waals surface area (Å²) in [6, 6.07) is 3.96. The van der Waals surface area contributed by atoms with Gasteiger partial charge in [-0.1, -0.05) is 6.07 Å². The average molecular weight is 329 g/mol. The molecule has 0 aromatic carbocycles. The molecule has 0 bridgehead atoms. The maximum Gasteiger partial charge on any atom is 0.227 e.